The minimum Gasteiger partial charge on any atom is -0.291 e. The Hall–Kier alpha value is -1.95. The van der Waals surface area contributed by atoms with Crippen molar-refractivity contribution in [2.24, 2.45) is 5.10 Å². The lowest BCUT2D eigenvalue weighted by Crippen LogP contribution is -2.11. The Labute approximate surface area is 109 Å². The first-order valence-corrected chi connectivity index (χ1v) is 6.31. The summed E-state index contributed by atoms with van der Waals surface area (Å²) in [5, 5.41) is 4.20. The Morgan fingerprint density at radius 1 is 1.44 bits per heavy atom. The number of anilines is 1. The number of hydrazone groups is 1. The third kappa shape index (κ3) is 3.04. The van der Waals surface area contributed by atoms with Gasteiger partial charge in [-0.1, -0.05) is 0 Å². The molecule has 0 spiro atoms. The van der Waals surface area contributed by atoms with Crippen molar-refractivity contribution in [3.05, 3.63) is 44.0 Å². The zero-order chi connectivity index (χ0) is 13.1. The maximum Gasteiger partial charge on any atom is 0.252 e. The third-order valence-corrected chi connectivity index (χ3v) is 3.41. The molecule has 0 aliphatic rings. The van der Waals surface area contributed by atoms with E-state index in [1.807, 2.05) is 19.1 Å². The summed E-state index contributed by atoms with van der Waals surface area (Å²) in [6, 6.07) is 5.50. The molecule has 2 aromatic heterocycles. The number of rotatable bonds is 3. The molecule has 0 atom stereocenters. The van der Waals surface area contributed by atoms with Crippen molar-refractivity contribution in [2.45, 2.75) is 20.8 Å². The van der Waals surface area contributed by atoms with Crippen LogP contribution in [0.1, 0.15) is 22.4 Å². The van der Waals surface area contributed by atoms with Gasteiger partial charge in [-0.05, 0) is 32.9 Å². The Morgan fingerprint density at radius 3 is 2.83 bits per heavy atom. The molecule has 2 N–H and O–H groups in total. The van der Waals surface area contributed by atoms with Gasteiger partial charge >= 0.3 is 0 Å². The average Bonchev–Trinajstić information content (AvgIpc) is 2.71. The number of hydrogen-bond donors (Lipinski definition) is 2. The summed E-state index contributed by atoms with van der Waals surface area (Å²) in [7, 11) is 0. The van der Waals surface area contributed by atoms with Gasteiger partial charge in [0.05, 0.1) is 10.6 Å². The number of hydrogen-bond acceptors (Lipinski definition) is 5. The Kier molecular flexibility index (Phi) is 3.57. The van der Waals surface area contributed by atoms with E-state index in [-0.39, 0.29) is 5.56 Å². The standard InChI is InChI=1S/C12H14N4OS/c1-7-6-11(17)14-12(13-7)16-15-9(3)10-5-4-8(2)18-10/h4-6H,1-3H3,(H2,13,14,16,17)/b15-9-. The number of thiophene rings is 1. The van der Waals surface area contributed by atoms with Crippen LogP contribution in [0, 0.1) is 13.8 Å². The molecule has 6 heteroatoms. The van der Waals surface area contributed by atoms with E-state index in [1.165, 1.54) is 10.9 Å². The van der Waals surface area contributed by atoms with Crippen LogP contribution >= 0.6 is 11.3 Å². The van der Waals surface area contributed by atoms with Crippen LogP contribution in [0.15, 0.2) is 28.1 Å². The fraction of sp³-hybridized carbons (Fsp3) is 0.250. The van der Waals surface area contributed by atoms with Crippen LogP contribution in [0.5, 0.6) is 0 Å². The van der Waals surface area contributed by atoms with Gasteiger partial charge in [-0.15, -0.1) is 11.3 Å². The highest BCUT2D eigenvalue weighted by Crippen LogP contribution is 2.15. The number of aromatic nitrogens is 2. The van der Waals surface area contributed by atoms with Crippen LogP contribution < -0.4 is 11.0 Å². The topological polar surface area (TPSA) is 70.1 Å². The van der Waals surface area contributed by atoms with E-state index in [9.17, 15) is 4.79 Å². The van der Waals surface area contributed by atoms with Crippen LogP contribution in [-0.4, -0.2) is 15.7 Å². The normalized spacial score (nSPS) is 11.6. The van der Waals surface area contributed by atoms with Crippen molar-refractivity contribution in [3.63, 3.8) is 0 Å². The van der Waals surface area contributed by atoms with E-state index in [4.69, 9.17) is 0 Å². The molecular weight excluding hydrogens is 248 g/mol. The molecule has 0 saturated carbocycles. The van der Waals surface area contributed by atoms with E-state index in [0.717, 1.165) is 10.6 Å². The van der Waals surface area contributed by atoms with Crippen LogP contribution in [0.25, 0.3) is 0 Å². The second-order valence-corrected chi connectivity index (χ2v) is 5.24. The molecule has 0 aromatic carbocycles. The minimum absolute atomic E-state index is 0.190. The largest absolute Gasteiger partial charge is 0.291 e. The number of H-pyrrole nitrogens is 1. The van der Waals surface area contributed by atoms with Gasteiger partial charge in [-0.25, -0.2) is 10.4 Å². The van der Waals surface area contributed by atoms with Gasteiger partial charge in [-0.2, -0.15) is 5.10 Å². The molecule has 2 aromatic rings. The van der Waals surface area contributed by atoms with Gasteiger partial charge in [-0.3, -0.25) is 9.78 Å². The second-order valence-electron chi connectivity index (χ2n) is 3.95. The molecule has 94 valence electrons. The molecule has 2 rings (SSSR count). The smallest absolute Gasteiger partial charge is 0.252 e. The number of nitrogens with one attached hydrogen (secondary N) is 2. The first-order valence-electron chi connectivity index (χ1n) is 5.49. The van der Waals surface area contributed by atoms with Crippen LogP contribution in [0.4, 0.5) is 5.95 Å². The van der Waals surface area contributed by atoms with E-state index in [0.29, 0.717) is 11.6 Å². The van der Waals surface area contributed by atoms with E-state index >= 15 is 0 Å². The van der Waals surface area contributed by atoms with Gasteiger partial charge in [0.2, 0.25) is 5.95 Å². The molecule has 0 saturated heterocycles. The van der Waals surface area contributed by atoms with Crippen LogP contribution in [-0.2, 0) is 0 Å². The van der Waals surface area contributed by atoms with E-state index < -0.39 is 0 Å². The highest BCUT2D eigenvalue weighted by Gasteiger charge is 2.01. The quantitative estimate of drug-likeness (QED) is 0.658. The second kappa shape index (κ2) is 5.14. The molecular formula is C12H14N4OS. The Balaban J connectivity index is 2.17. The Morgan fingerprint density at radius 2 is 2.22 bits per heavy atom. The SMILES string of the molecule is C/C(=N/Nc1nc(C)cc(=O)[nH]1)c1ccc(C)s1. The molecule has 18 heavy (non-hydrogen) atoms. The lowest BCUT2D eigenvalue weighted by atomic mass is 10.3. The summed E-state index contributed by atoms with van der Waals surface area (Å²) in [4.78, 5) is 20.3. The van der Waals surface area contributed by atoms with Crippen molar-refractivity contribution in [1.82, 2.24) is 9.97 Å². The van der Waals surface area contributed by atoms with Gasteiger partial charge in [0.15, 0.2) is 0 Å². The van der Waals surface area contributed by atoms with E-state index in [2.05, 4.69) is 27.4 Å². The van der Waals surface area contributed by atoms with Gasteiger partial charge < -0.3 is 0 Å². The van der Waals surface area contributed by atoms with Gasteiger partial charge in [0, 0.05) is 16.6 Å². The first kappa shape index (κ1) is 12.5. The molecule has 0 unspecified atom stereocenters. The van der Waals surface area contributed by atoms with Gasteiger partial charge in [0.25, 0.3) is 5.56 Å². The monoisotopic (exact) mass is 262 g/mol. The number of aromatic amines is 1. The fourth-order valence-electron chi connectivity index (χ4n) is 1.45. The molecule has 0 radical (unpaired) electrons. The molecule has 0 aliphatic heterocycles. The highest BCUT2D eigenvalue weighted by molar-refractivity contribution is 7.14. The minimum atomic E-state index is -0.190. The molecule has 0 bridgehead atoms. The van der Waals surface area contributed by atoms with Crippen molar-refractivity contribution in [1.29, 1.82) is 0 Å². The molecule has 0 amide bonds. The Bertz CT molecular complexity index is 642. The maximum atomic E-state index is 11.2. The number of aryl methyl sites for hydroxylation is 2. The third-order valence-electron chi connectivity index (χ3n) is 2.30. The fourth-order valence-corrected chi connectivity index (χ4v) is 2.27. The molecule has 5 nitrogen and oxygen atoms in total. The van der Waals surface area contributed by atoms with Crippen LogP contribution in [0.3, 0.4) is 0 Å². The summed E-state index contributed by atoms with van der Waals surface area (Å²) >= 11 is 1.67. The number of nitrogens with zero attached hydrogens (tertiary/aromatic N) is 2. The summed E-state index contributed by atoms with van der Waals surface area (Å²) in [5.74, 6) is 0.354. The lowest BCUT2D eigenvalue weighted by molar-refractivity contribution is 1.04. The van der Waals surface area contributed by atoms with Crippen molar-refractivity contribution >= 4 is 23.0 Å². The van der Waals surface area contributed by atoms with Crippen molar-refractivity contribution in [2.75, 3.05) is 5.43 Å². The van der Waals surface area contributed by atoms with Crippen LogP contribution in [0.2, 0.25) is 0 Å². The molecule has 0 aliphatic carbocycles. The lowest BCUT2D eigenvalue weighted by Gasteiger charge is -2.01. The molecule has 2 heterocycles. The molecule has 0 fully saturated rings. The average molecular weight is 262 g/mol. The zero-order valence-electron chi connectivity index (χ0n) is 10.4. The van der Waals surface area contributed by atoms with Crippen molar-refractivity contribution < 1.29 is 0 Å². The zero-order valence-corrected chi connectivity index (χ0v) is 11.3. The first-order chi connectivity index (χ1) is 8.54. The van der Waals surface area contributed by atoms with E-state index in [1.54, 1.807) is 18.3 Å². The summed E-state index contributed by atoms with van der Waals surface area (Å²) in [6.45, 7) is 5.72. The summed E-state index contributed by atoms with van der Waals surface area (Å²) in [5.41, 5.74) is 4.08. The predicted octanol–water partition coefficient (Wildman–Crippen LogP) is 2.28. The van der Waals surface area contributed by atoms with Gasteiger partial charge in [0.1, 0.15) is 0 Å². The highest BCUT2D eigenvalue weighted by atomic mass is 32.1. The summed E-state index contributed by atoms with van der Waals surface area (Å²) < 4.78 is 0. The summed E-state index contributed by atoms with van der Waals surface area (Å²) in [6.07, 6.45) is 0. The maximum absolute atomic E-state index is 11.2. The predicted molar refractivity (Wildman–Crippen MR) is 74.5 cm³/mol. The van der Waals surface area contributed by atoms with Crippen molar-refractivity contribution in [3.8, 4) is 0 Å².